The molecule has 0 aromatic rings. The van der Waals surface area contributed by atoms with Crippen LogP contribution in [0.1, 0.15) is 54.3 Å². The molecule has 1 saturated carbocycles. The molecule has 3 aliphatic rings. The number of nitrogens with zero attached hydrogens (tertiary/aromatic N) is 1. The molecule has 0 aromatic carbocycles. The second-order valence-electron chi connectivity index (χ2n) is 7.72. The zero-order valence-electron chi connectivity index (χ0n) is 13.7. The largest absolute Gasteiger partial charge is 0.444 e. The third kappa shape index (κ3) is 4.85. The Bertz CT molecular complexity index is 353. The molecule has 1 amide bonds. The van der Waals surface area contributed by atoms with Crippen molar-refractivity contribution in [2.75, 3.05) is 26.3 Å². The molecule has 0 bridgehead atoms. The Hall–Kier alpha value is -0.810. The highest BCUT2D eigenvalue weighted by Gasteiger charge is 2.50. The first kappa shape index (κ1) is 16.6. The number of rotatable bonds is 1. The van der Waals surface area contributed by atoms with Gasteiger partial charge < -0.3 is 15.2 Å². The zero-order valence-corrected chi connectivity index (χ0v) is 13.7. The van der Waals surface area contributed by atoms with Gasteiger partial charge in [-0.05, 0) is 33.6 Å². The normalized spacial score (nSPS) is 25.3. The Morgan fingerprint density at radius 3 is 2.14 bits per heavy atom. The molecular formula is C16H32N2O3. The Morgan fingerprint density at radius 1 is 1.24 bits per heavy atom. The van der Waals surface area contributed by atoms with E-state index in [1.165, 1.54) is 45.2 Å². The van der Waals surface area contributed by atoms with E-state index < -0.39 is 11.7 Å². The average molecular weight is 300 g/mol. The second-order valence-corrected chi connectivity index (χ2v) is 7.72. The van der Waals surface area contributed by atoms with Crippen LogP contribution in [0.3, 0.4) is 0 Å². The molecule has 3 rings (SSSR count). The van der Waals surface area contributed by atoms with Crippen molar-refractivity contribution in [2.24, 2.45) is 11.1 Å². The molecule has 0 radical (unpaired) electrons. The van der Waals surface area contributed by atoms with Gasteiger partial charge in [0.05, 0.1) is 13.2 Å². The van der Waals surface area contributed by atoms with Crippen LogP contribution in [0.15, 0.2) is 0 Å². The molecule has 2 saturated heterocycles. The lowest BCUT2D eigenvalue weighted by atomic mass is 9.76. The maximum absolute atomic E-state index is 10.0. The molecule has 2 heterocycles. The van der Waals surface area contributed by atoms with Gasteiger partial charge in [-0.15, -0.1) is 0 Å². The number of carbonyl (C=O) groups excluding carboxylic acids is 1. The van der Waals surface area contributed by atoms with Gasteiger partial charge in [-0.3, -0.25) is 4.90 Å². The summed E-state index contributed by atoms with van der Waals surface area (Å²) in [7, 11) is 0. The maximum Gasteiger partial charge on any atom is 0.405 e. The smallest absolute Gasteiger partial charge is 0.405 e. The van der Waals surface area contributed by atoms with Crippen LogP contribution in [0.4, 0.5) is 4.79 Å². The summed E-state index contributed by atoms with van der Waals surface area (Å²) in [5, 5.41) is 0. The predicted octanol–water partition coefficient (Wildman–Crippen LogP) is 2.78. The van der Waals surface area contributed by atoms with Crippen molar-refractivity contribution in [1.82, 2.24) is 4.90 Å². The Balaban J connectivity index is 0.000000238. The number of amides is 1. The Labute approximate surface area is 129 Å². The van der Waals surface area contributed by atoms with E-state index in [9.17, 15) is 4.79 Å². The molecule has 1 spiro atoms. The van der Waals surface area contributed by atoms with Gasteiger partial charge >= 0.3 is 6.09 Å². The SMILES string of the molecule is C1CCC(N2CC3(COC3)C2)CC1.CC(C)(C)OC(N)=O.[HH]. The van der Waals surface area contributed by atoms with Crippen LogP contribution >= 0.6 is 0 Å². The lowest BCUT2D eigenvalue weighted by Crippen LogP contribution is -2.68. The minimum absolute atomic E-state index is 0. The van der Waals surface area contributed by atoms with Crippen LogP contribution in [0.5, 0.6) is 0 Å². The standard InChI is InChI=1S/C11H19NO.C5H11NO2.H2/c1-2-4-10(5-3-1)12-6-11(7-12)8-13-9-11;1-5(2,3)8-4(6)7;/h10H,1-9H2;1-3H3,(H2,6,7);1H. The van der Waals surface area contributed by atoms with Crippen molar-refractivity contribution in [3.63, 3.8) is 0 Å². The first-order valence-electron chi connectivity index (χ1n) is 8.10. The molecule has 2 aliphatic heterocycles. The third-order valence-electron chi connectivity index (χ3n) is 4.39. The van der Waals surface area contributed by atoms with E-state index in [2.05, 4.69) is 9.64 Å². The number of carbonyl (C=O) groups is 1. The van der Waals surface area contributed by atoms with Gasteiger partial charge in [0.15, 0.2) is 0 Å². The number of ether oxygens (including phenoxy) is 2. The van der Waals surface area contributed by atoms with Crippen molar-refractivity contribution in [3.8, 4) is 0 Å². The van der Waals surface area contributed by atoms with Gasteiger partial charge in [-0.2, -0.15) is 0 Å². The monoisotopic (exact) mass is 300 g/mol. The van der Waals surface area contributed by atoms with Gasteiger partial charge in [0, 0.05) is 26.0 Å². The van der Waals surface area contributed by atoms with Gasteiger partial charge in [0.2, 0.25) is 0 Å². The van der Waals surface area contributed by atoms with Crippen LogP contribution in [-0.4, -0.2) is 48.9 Å². The molecular weight excluding hydrogens is 268 g/mol. The van der Waals surface area contributed by atoms with Gasteiger partial charge in [0.25, 0.3) is 0 Å². The quantitative estimate of drug-likeness (QED) is 0.808. The van der Waals surface area contributed by atoms with Crippen LogP contribution in [0, 0.1) is 5.41 Å². The molecule has 3 fully saturated rings. The molecule has 5 heteroatoms. The lowest BCUT2D eigenvalue weighted by molar-refractivity contribution is -0.200. The molecule has 0 atom stereocenters. The first-order valence-corrected chi connectivity index (χ1v) is 8.10. The van der Waals surface area contributed by atoms with Crippen molar-refractivity contribution >= 4 is 6.09 Å². The summed E-state index contributed by atoms with van der Waals surface area (Å²) in [6.45, 7) is 10.0. The van der Waals surface area contributed by atoms with Crippen molar-refractivity contribution in [2.45, 2.75) is 64.5 Å². The highest BCUT2D eigenvalue weighted by atomic mass is 16.6. The van der Waals surface area contributed by atoms with E-state index in [1.807, 2.05) is 0 Å². The molecule has 0 aromatic heterocycles. The Morgan fingerprint density at radius 2 is 1.81 bits per heavy atom. The minimum atomic E-state index is -0.725. The van der Waals surface area contributed by atoms with Crippen molar-refractivity contribution in [1.29, 1.82) is 0 Å². The first-order chi connectivity index (χ1) is 9.80. The fourth-order valence-corrected chi connectivity index (χ4v) is 3.39. The van der Waals surface area contributed by atoms with Gasteiger partial charge in [-0.25, -0.2) is 4.79 Å². The summed E-state index contributed by atoms with van der Waals surface area (Å²) in [6.07, 6.45) is 6.58. The number of nitrogens with two attached hydrogens (primary N) is 1. The molecule has 2 N–H and O–H groups in total. The predicted molar refractivity (Wildman–Crippen MR) is 84.2 cm³/mol. The van der Waals surface area contributed by atoms with E-state index in [0.29, 0.717) is 5.41 Å². The summed E-state index contributed by atoms with van der Waals surface area (Å²) in [4.78, 5) is 12.7. The summed E-state index contributed by atoms with van der Waals surface area (Å²) in [5.74, 6) is 0. The summed E-state index contributed by atoms with van der Waals surface area (Å²) >= 11 is 0. The summed E-state index contributed by atoms with van der Waals surface area (Å²) in [5.41, 5.74) is 4.89. The topological polar surface area (TPSA) is 64.8 Å². The highest BCUT2D eigenvalue weighted by molar-refractivity contribution is 5.65. The highest BCUT2D eigenvalue weighted by Crippen LogP contribution is 2.40. The molecule has 5 nitrogen and oxygen atoms in total. The van der Waals surface area contributed by atoms with E-state index in [1.54, 1.807) is 20.8 Å². The second kappa shape index (κ2) is 6.53. The zero-order chi connectivity index (χ0) is 15.5. The summed E-state index contributed by atoms with van der Waals surface area (Å²) in [6, 6.07) is 0.931. The number of primary amides is 1. The molecule has 124 valence electrons. The fourth-order valence-electron chi connectivity index (χ4n) is 3.39. The van der Waals surface area contributed by atoms with Crippen molar-refractivity contribution in [3.05, 3.63) is 0 Å². The van der Waals surface area contributed by atoms with E-state index in [4.69, 9.17) is 10.5 Å². The maximum atomic E-state index is 10.0. The number of likely N-dealkylation sites (tertiary alicyclic amines) is 1. The number of hydrogen-bond acceptors (Lipinski definition) is 4. The van der Waals surface area contributed by atoms with Gasteiger partial charge in [-0.1, -0.05) is 19.3 Å². The fraction of sp³-hybridized carbons (Fsp3) is 0.938. The van der Waals surface area contributed by atoms with Gasteiger partial charge in [0.1, 0.15) is 5.60 Å². The van der Waals surface area contributed by atoms with E-state index >= 15 is 0 Å². The van der Waals surface area contributed by atoms with Crippen LogP contribution < -0.4 is 5.73 Å². The molecule has 1 aliphatic carbocycles. The number of hydrogen-bond donors (Lipinski definition) is 1. The summed E-state index contributed by atoms with van der Waals surface area (Å²) < 4.78 is 9.87. The Kier molecular flexibility index (Phi) is 5.15. The third-order valence-corrected chi connectivity index (χ3v) is 4.39. The van der Waals surface area contributed by atoms with Crippen LogP contribution in [-0.2, 0) is 9.47 Å². The molecule has 21 heavy (non-hydrogen) atoms. The van der Waals surface area contributed by atoms with Crippen LogP contribution in [0.25, 0.3) is 0 Å². The van der Waals surface area contributed by atoms with Crippen molar-refractivity contribution < 1.29 is 15.7 Å². The van der Waals surface area contributed by atoms with E-state index in [0.717, 1.165) is 19.3 Å². The molecule has 0 unspecified atom stereocenters. The van der Waals surface area contributed by atoms with E-state index in [-0.39, 0.29) is 1.43 Å². The van der Waals surface area contributed by atoms with Crippen LogP contribution in [0.2, 0.25) is 0 Å². The minimum Gasteiger partial charge on any atom is -0.444 e. The average Bonchev–Trinajstić information content (AvgIpc) is 2.24. The lowest BCUT2D eigenvalue weighted by Gasteiger charge is -2.58.